The summed E-state index contributed by atoms with van der Waals surface area (Å²) in [5.74, 6) is 0.691. The number of Topliss-reactive ketones (excluding diaryl/α,β-unsaturated/α-hetero) is 1. The lowest BCUT2D eigenvalue weighted by Gasteiger charge is -2.16. The van der Waals surface area contributed by atoms with Crippen molar-refractivity contribution in [3.8, 4) is 0 Å². The third kappa shape index (κ3) is 3.76. The Balaban J connectivity index is 2.41. The largest absolute Gasteiger partial charge is 0.330 e. The predicted octanol–water partition coefficient (Wildman–Crippen LogP) is 2.48. The standard InChI is InChI=1S/C12H19NOS/c1-9(2)11(8-13)12(14)6-5-10-4-3-7-15-10/h3-4,7,9,11H,5-6,8,13H2,1-2H3. The van der Waals surface area contributed by atoms with Crippen LogP contribution in [0.5, 0.6) is 0 Å². The van der Waals surface area contributed by atoms with Crippen molar-refractivity contribution in [1.82, 2.24) is 0 Å². The van der Waals surface area contributed by atoms with Crippen LogP contribution in [-0.2, 0) is 11.2 Å². The molecule has 15 heavy (non-hydrogen) atoms. The molecule has 0 aliphatic carbocycles. The number of hydrogen-bond acceptors (Lipinski definition) is 3. The number of carbonyl (C=O) groups is 1. The number of thiophene rings is 1. The Labute approximate surface area is 95.5 Å². The van der Waals surface area contributed by atoms with Crippen molar-refractivity contribution in [2.45, 2.75) is 26.7 Å². The Hall–Kier alpha value is -0.670. The van der Waals surface area contributed by atoms with E-state index in [1.54, 1.807) is 11.3 Å². The molecular formula is C12H19NOS. The SMILES string of the molecule is CC(C)C(CN)C(=O)CCc1cccs1. The Morgan fingerprint density at radius 2 is 2.27 bits per heavy atom. The molecule has 1 atom stereocenters. The van der Waals surface area contributed by atoms with Crippen molar-refractivity contribution in [3.63, 3.8) is 0 Å². The zero-order valence-electron chi connectivity index (χ0n) is 9.40. The number of ketones is 1. The first-order valence-corrected chi connectivity index (χ1v) is 6.28. The first kappa shape index (κ1) is 12.4. The van der Waals surface area contributed by atoms with Gasteiger partial charge in [0.15, 0.2) is 0 Å². The molecule has 1 aromatic rings. The van der Waals surface area contributed by atoms with Gasteiger partial charge in [0.2, 0.25) is 0 Å². The number of nitrogens with two attached hydrogens (primary N) is 1. The quantitative estimate of drug-likeness (QED) is 0.808. The first-order valence-electron chi connectivity index (χ1n) is 5.40. The normalized spacial score (nSPS) is 13.1. The number of hydrogen-bond donors (Lipinski definition) is 1. The van der Waals surface area contributed by atoms with Gasteiger partial charge in [0.25, 0.3) is 0 Å². The van der Waals surface area contributed by atoms with Gasteiger partial charge in [-0.15, -0.1) is 11.3 Å². The summed E-state index contributed by atoms with van der Waals surface area (Å²) in [6.07, 6.45) is 1.49. The van der Waals surface area contributed by atoms with E-state index in [2.05, 4.69) is 19.9 Å². The van der Waals surface area contributed by atoms with Crippen LogP contribution in [0.3, 0.4) is 0 Å². The van der Waals surface area contributed by atoms with Gasteiger partial charge in [-0.2, -0.15) is 0 Å². The molecule has 0 aromatic carbocycles. The third-order valence-electron chi connectivity index (χ3n) is 2.67. The zero-order chi connectivity index (χ0) is 11.3. The summed E-state index contributed by atoms with van der Waals surface area (Å²) in [6, 6.07) is 4.10. The van der Waals surface area contributed by atoms with Gasteiger partial charge in [-0.05, 0) is 23.8 Å². The maximum Gasteiger partial charge on any atom is 0.137 e. The maximum absolute atomic E-state index is 11.8. The van der Waals surface area contributed by atoms with Crippen LogP contribution >= 0.6 is 11.3 Å². The number of carbonyl (C=O) groups excluding carboxylic acids is 1. The van der Waals surface area contributed by atoms with E-state index in [0.29, 0.717) is 24.7 Å². The molecule has 3 heteroatoms. The second kappa shape index (κ2) is 6.03. The van der Waals surface area contributed by atoms with Gasteiger partial charge in [0.05, 0.1) is 0 Å². The van der Waals surface area contributed by atoms with E-state index in [-0.39, 0.29) is 5.92 Å². The minimum atomic E-state index is 0.0324. The van der Waals surface area contributed by atoms with Crippen molar-refractivity contribution in [2.75, 3.05) is 6.54 Å². The lowest BCUT2D eigenvalue weighted by atomic mass is 9.89. The highest BCUT2D eigenvalue weighted by atomic mass is 32.1. The van der Waals surface area contributed by atoms with Gasteiger partial charge in [-0.25, -0.2) is 0 Å². The van der Waals surface area contributed by atoms with Crippen LogP contribution in [0.2, 0.25) is 0 Å². The topological polar surface area (TPSA) is 43.1 Å². The molecule has 84 valence electrons. The molecule has 0 fully saturated rings. The van der Waals surface area contributed by atoms with Crippen LogP contribution in [0.15, 0.2) is 17.5 Å². The van der Waals surface area contributed by atoms with Crippen LogP contribution in [0, 0.1) is 11.8 Å². The number of aryl methyl sites for hydroxylation is 1. The van der Waals surface area contributed by atoms with Crippen LogP contribution in [0.1, 0.15) is 25.1 Å². The summed E-state index contributed by atoms with van der Waals surface area (Å²) in [5.41, 5.74) is 5.61. The van der Waals surface area contributed by atoms with Gasteiger partial charge in [-0.1, -0.05) is 19.9 Å². The average Bonchev–Trinajstić information content (AvgIpc) is 2.67. The summed E-state index contributed by atoms with van der Waals surface area (Å²) >= 11 is 1.71. The lowest BCUT2D eigenvalue weighted by Crippen LogP contribution is -2.28. The van der Waals surface area contributed by atoms with Crippen molar-refractivity contribution >= 4 is 17.1 Å². The fraction of sp³-hybridized carbons (Fsp3) is 0.583. The monoisotopic (exact) mass is 225 g/mol. The molecule has 0 amide bonds. The zero-order valence-corrected chi connectivity index (χ0v) is 10.2. The highest BCUT2D eigenvalue weighted by molar-refractivity contribution is 7.09. The molecule has 0 radical (unpaired) electrons. The summed E-state index contributed by atoms with van der Waals surface area (Å²) < 4.78 is 0. The third-order valence-corrected chi connectivity index (χ3v) is 3.61. The van der Waals surface area contributed by atoms with Gasteiger partial charge in [0.1, 0.15) is 5.78 Å². The second-order valence-electron chi connectivity index (χ2n) is 4.13. The second-order valence-corrected chi connectivity index (χ2v) is 5.16. The molecule has 0 bridgehead atoms. The van der Waals surface area contributed by atoms with Gasteiger partial charge >= 0.3 is 0 Å². The Kier molecular flexibility index (Phi) is 4.99. The van der Waals surface area contributed by atoms with E-state index >= 15 is 0 Å². The molecule has 1 heterocycles. The maximum atomic E-state index is 11.8. The first-order chi connectivity index (χ1) is 7.15. The highest BCUT2D eigenvalue weighted by Gasteiger charge is 2.19. The van der Waals surface area contributed by atoms with E-state index < -0.39 is 0 Å². The molecule has 2 nitrogen and oxygen atoms in total. The van der Waals surface area contributed by atoms with Gasteiger partial charge < -0.3 is 5.73 Å². The molecule has 1 unspecified atom stereocenters. The molecule has 2 N–H and O–H groups in total. The fourth-order valence-corrected chi connectivity index (χ4v) is 2.37. The molecule has 1 aromatic heterocycles. The summed E-state index contributed by atoms with van der Waals surface area (Å²) in [6.45, 7) is 4.59. The molecule has 0 aliphatic heterocycles. The number of rotatable bonds is 6. The summed E-state index contributed by atoms with van der Waals surface area (Å²) in [7, 11) is 0. The van der Waals surface area contributed by atoms with Gasteiger partial charge in [0, 0.05) is 23.8 Å². The molecular weight excluding hydrogens is 206 g/mol. The molecule has 0 aliphatic rings. The molecule has 0 saturated heterocycles. The van der Waals surface area contributed by atoms with E-state index in [1.807, 2.05) is 11.4 Å². The van der Waals surface area contributed by atoms with Crippen LogP contribution in [0.4, 0.5) is 0 Å². The van der Waals surface area contributed by atoms with Crippen LogP contribution in [0.25, 0.3) is 0 Å². The van der Waals surface area contributed by atoms with E-state index in [1.165, 1.54) is 4.88 Å². The average molecular weight is 225 g/mol. The summed E-state index contributed by atoms with van der Waals surface area (Å²) in [5, 5.41) is 2.04. The lowest BCUT2D eigenvalue weighted by molar-refractivity contribution is -0.123. The molecule has 1 rings (SSSR count). The van der Waals surface area contributed by atoms with E-state index in [9.17, 15) is 4.79 Å². The minimum Gasteiger partial charge on any atom is -0.330 e. The minimum absolute atomic E-state index is 0.0324. The smallest absolute Gasteiger partial charge is 0.137 e. The van der Waals surface area contributed by atoms with Crippen LogP contribution < -0.4 is 5.73 Å². The van der Waals surface area contributed by atoms with E-state index in [0.717, 1.165) is 6.42 Å². The van der Waals surface area contributed by atoms with E-state index in [4.69, 9.17) is 5.73 Å². The van der Waals surface area contributed by atoms with Crippen molar-refractivity contribution in [2.24, 2.45) is 17.6 Å². The Morgan fingerprint density at radius 3 is 2.73 bits per heavy atom. The highest BCUT2D eigenvalue weighted by Crippen LogP contribution is 2.16. The van der Waals surface area contributed by atoms with Crippen LogP contribution in [-0.4, -0.2) is 12.3 Å². The summed E-state index contributed by atoms with van der Waals surface area (Å²) in [4.78, 5) is 13.1. The molecule has 0 saturated carbocycles. The van der Waals surface area contributed by atoms with Crippen molar-refractivity contribution < 1.29 is 4.79 Å². The Morgan fingerprint density at radius 1 is 1.53 bits per heavy atom. The van der Waals surface area contributed by atoms with Crippen molar-refractivity contribution in [3.05, 3.63) is 22.4 Å². The van der Waals surface area contributed by atoms with Gasteiger partial charge in [-0.3, -0.25) is 4.79 Å². The van der Waals surface area contributed by atoms with Crippen molar-refractivity contribution in [1.29, 1.82) is 0 Å². The fourth-order valence-electron chi connectivity index (χ4n) is 1.66. The Bertz CT molecular complexity index is 293. The predicted molar refractivity (Wildman–Crippen MR) is 65.0 cm³/mol. The molecule has 0 spiro atoms.